The van der Waals surface area contributed by atoms with Gasteiger partial charge in [-0.3, -0.25) is 4.90 Å². The number of nitrogens with zero attached hydrogens (tertiary/aromatic N) is 2. The van der Waals surface area contributed by atoms with E-state index in [0.29, 0.717) is 6.54 Å². The Morgan fingerprint density at radius 1 is 1.19 bits per heavy atom. The van der Waals surface area contributed by atoms with Crippen LogP contribution >= 0.6 is 0 Å². The van der Waals surface area contributed by atoms with Gasteiger partial charge in [-0.1, -0.05) is 17.7 Å². The Morgan fingerprint density at radius 2 is 1.75 bits per heavy atom. The Morgan fingerprint density at radius 3 is 2.25 bits per heavy atom. The lowest BCUT2D eigenvalue weighted by atomic mass is 9.97. The van der Waals surface area contributed by atoms with E-state index in [2.05, 4.69) is 43.9 Å². The summed E-state index contributed by atoms with van der Waals surface area (Å²) in [5.74, 6) is 0. The minimum absolute atomic E-state index is 0.504. The van der Waals surface area contributed by atoms with Gasteiger partial charge < -0.3 is 0 Å². The number of rotatable bonds is 4. The van der Waals surface area contributed by atoms with E-state index in [1.165, 1.54) is 22.3 Å². The summed E-state index contributed by atoms with van der Waals surface area (Å²) in [5.41, 5.74) is 5.48. The highest BCUT2D eigenvalue weighted by atomic mass is 15.1. The van der Waals surface area contributed by atoms with Gasteiger partial charge in [0.15, 0.2) is 0 Å². The highest BCUT2D eigenvalue weighted by Gasteiger charge is 2.05. The molecule has 0 aliphatic heterocycles. The predicted molar refractivity (Wildman–Crippen MR) is 67.5 cm³/mol. The molecule has 0 saturated heterocycles. The number of hydrogen-bond donors (Lipinski definition) is 0. The molecule has 0 unspecified atom stereocenters. The molecule has 0 bridgehead atoms. The van der Waals surface area contributed by atoms with Gasteiger partial charge >= 0.3 is 0 Å². The van der Waals surface area contributed by atoms with Crippen molar-refractivity contribution >= 4 is 0 Å². The van der Waals surface area contributed by atoms with Crippen LogP contribution in [-0.4, -0.2) is 25.0 Å². The summed E-state index contributed by atoms with van der Waals surface area (Å²) in [6, 6.07) is 6.63. The lowest BCUT2D eigenvalue weighted by Gasteiger charge is -2.15. The van der Waals surface area contributed by atoms with Crippen LogP contribution in [0.25, 0.3) is 0 Å². The van der Waals surface area contributed by atoms with Crippen molar-refractivity contribution < 1.29 is 0 Å². The van der Waals surface area contributed by atoms with Crippen molar-refractivity contribution in [3.05, 3.63) is 34.4 Å². The van der Waals surface area contributed by atoms with Crippen LogP contribution in [0.4, 0.5) is 0 Å². The highest BCUT2D eigenvalue weighted by molar-refractivity contribution is 5.37. The molecule has 0 amide bonds. The normalized spacial score (nSPS) is 10.5. The molecule has 0 atom stereocenters. The zero-order valence-electron chi connectivity index (χ0n) is 10.7. The molecule has 0 N–H and O–H groups in total. The van der Waals surface area contributed by atoms with Crippen LogP contribution in [0.2, 0.25) is 0 Å². The summed E-state index contributed by atoms with van der Waals surface area (Å²) in [7, 11) is 1.99. The summed E-state index contributed by atoms with van der Waals surface area (Å²) >= 11 is 0. The van der Waals surface area contributed by atoms with Crippen molar-refractivity contribution in [3.8, 4) is 6.07 Å². The monoisotopic (exact) mass is 216 g/mol. The minimum atomic E-state index is 0.504. The number of benzene rings is 1. The lowest BCUT2D eigenvalue weighted by molar-refractivity contribution is 0.378. The SMILES string of the molecule is Cc1cc(C)c(CCN(C)CC#N)c(C)c1. The van der Waals surface area contributed by atoms with Gasteiger partial charge in [0.05, 0.1) is 12.6 Å². The first kappa shape index (κ1) is 12.7. The van der Waals surface area contributed by atoms with Crippen LogP contribution in [-0.2, 0) is 6.42 Å². The zero-order chi connectivity index (χ0) is 12.1. The van der Waals surface area contributed by atoms with E-state index < -0.39 is 0 Å². The fourth-order valence-corrected chi connectivity index (χ4v) is 2.11. The minimum Gasteiger partial charge on any atom is -0.293 e. The third-order valence-corrected chi connectivity index (χ3v) is 2.92. The van der Waals surface area contributed by atoms with E-state index in [9.17, 15) is 0 Å². The van der Waals surface area contributed by atoms with Crippen LogP contribution in [0.15, 0.2) is 12.1 Å². The van der Waals surface area contributed by atoms with E-state index in [1.807, 2.05) is 7.05 Å². The summed E-state index contributed by atoms with van der Waals surface area (Å²) in [5, 5.41) is 8.59. The first-order chi connectivity index (χ1) is 7.54. The Balaban J connectivity index is 2.71. The molecule has 1 rings (SSSR count). The van der Waals surface area contributed by atoms with Gasteiger partial charge in [-0.15, -0.1) is 0 Å². The molecule has 0 aliphatic rings. The Hall–Kier alpha value is -1.33. The zero-order valence-corrected chi connectivity index (χ0v) is 10.7. The van der Waals surface area contributed by atoms with Crippen molar-refractivity contribution in [3.63, 3.8) is 0 Å². The molecule has 1 aromatic rings. The number of likely N-dealkylation sites (N-methyl/N-ethyl adjacent to an activating group) is 1. The number of hydrogen-bond acceptors (Lipinski definition) is 2. The molecule has 0 heterocycles. The molecular formula is C14H20N2. The second kappa shape index (κ2) is 5.67. The van der Waals surface area contributed by atoms with Crippen LogP contribution < -0.4 is 0 Å². The second-order valence-electron chi connectivity index (χ2n) is 4.52. The van der Waals surface area contributed by atoms with E-state index >= 15 is 0 Å². The highest BCUT2D eigenvalue weighted by Crippen LogP contribution is 2.17. The maximum absolute atomic E-state index is 8.59. The largest absolute Gasteiger partial charge is 0.293 e. The van der Waals surface area contributed by atoms with Crippen LogP contribution in [0, 0.1) is 32.1 Å². The average Bonchev–Trinajstić information content (AvgIpc) is 2.16. The fraction of sp³-hybridized carbons (Fsp3) is 0.500. The van der Waals surface area contributed by atoms with Gasteiger partial charge in [0, 0.05) is 6.54 Å². The molecule has 1 aromatic carbocycles. The molecule has 0 aliphatic carbocycles. The smallest absolute Gasteiger partial charge is 0.0863 e. The van der Waals surface area contributed by atoms with E-state index in [4.69, 9.17) is 5.26 Å². The van der Waals surface area contributed by atoms with Gasteiger partial charge in [-0.05, 0) is 50.9 Å². The molecule has 16 heavy (non-hydrogen) atoms. The molecule has 0 radical (unpaired) electrons. The molecule has 2 nitrogen and oxygen atoms in total. The molecule has 0 spiro atoms. The van der Waals surface area contributed by atoms with Gasteiger partial charge in [-0.2, -0.15) is 5.26 Å². The van der Waals surface area contributed by atoms with Crippen molar-refractivity contribution in [2.24, 2.45) is 0 Å². The first-order valence-corrected chi connectivity index (χ1v) is 5.67. The third kappa shape index (κ3) is 3.36. The van der Waals surface area contributed by atoms with Gasteiger partial charge in [0.1, 0.15) is 0 Å². The maximum atomic E-state index is 8.59. The first-order valence-electron chi connectivity index (χ1n) is 5.67. The molecule has 2 heteroatoms. The number of aryl methyl sites for hydroxylation is 3. The number of nitriles is 1. The quantitative estimate of drug-likeness (QED) is 0.723. The Bertz CT molecular complexity index is 379. The standard InChI is InChI=1S/C14H20N2/c1-11-9-12(2)14(13(3)10-11)5-7-16(4)8-6-15/h9-10H,5,7-8H2,1-4H3. The average molecular weight is 216 g/mol. The molecule has 0 saturated carbocycles. The van der Waals surface area contributed by atoms with Crippen molar-refractivity contribution in [1.82, 2.24) is 4.90 Å². The summed E-state index contributed by atoms with van der Waals surface area (Å²) in [6.07, 6.45) is 1.02. The summed E-state index contributed by atoms with van der Waals surface area (Å²) < 4.78 is 0. The fourth-order valence-electron chi connectivity index (χ4n) is 2.11. The van der Waals surface area contributed by atoms with Gasteiger partial charge in [0.2, 0.25) is 0 Å². The van der Waals surface area contributed by atoms with E-state index in [-0.39, 0.29) is 0 Å². The van der Waals surface area contributed by atoms with Crippen molar-refractivity contribution in [2.75, 3.05) is 20.1 Å². The Kier molecular flexibility index (Phi) is 4.52. The maximum Gasteiger partial charge on any atom is 0.0863 e. The predicted octanol–water partition coefficient (Wildman–Crippen LogP) is 2.61. The molecule has 0 aromatic heterocycles. The second-order valence-corrected chi connectivity index (χ2v) is 4.52. The van der Waals surface area contributed by atoms with Gasteiger partial charge in [-0.25, -0.2) is 0 Å². The van der Waals surface area contributed by atoms with Gasteiger partial charge in [0.25, 0.3) is 0 Å². The van der Waals surface area contributed by atoms with Crippen molar-refractivity contribution in [2.45, 2.75) is 27.2 Å². The van der Waals surface area contributed by atoms with Crippen LogP contribution in [0.1, 0.15) is 22.3 Å². The van der Waals surface area contributed by atoms with Crippen LogP contribution in [0.3, 0.4) is 0 Å². The van der Waals surface area contributed by atoms with E-state index in [0.717, 1.165) is 13.0 Å². The molecule has 0 fully saturated rings. The molecular weight excluding hydrogens is 196 g/mol. The third-order valence-electron chi connectivity index (χ3n) is 2.92. The van der Waals surface area contributed by atoms with Crippen molar-refractivity contribution in [1.29, 1.82) is 5.26 Å². The summed E-state index contributed by atoms with van der Waals surface area (Å²) in [6.45, 7) is 7.91. The Labute approximate surface area is 98.5 Å². The molecule has 86 valence electrons. The lowest BCUT2D eigenvalue weighted by Crippen LogP contribution is -2.21. The van der Waals surface area contributed by atoms with E-state index in [1.54, 1.807) is 0 Å². The van der Waals surface area contributed by atoms with Crippen LogP contribution in [0.5, 0.6) is 0 Å². The summed E-state index contributed by atoms with van der Waals surface area (Å²) in [4.78, 5) is 2.05. The topological polar surface area (TPSA) is 27.0 Å².